The maximum atomic E-state index is 13.5. The Hall–Kier alpha value is -3.49. The van der Waals surface area contributed by atoms with Crippen molar-refractivity contribution in [1.29, 1.82) is 5.26 Å². The van der Waals surface area contributed by atoms with E-state index in [4.69, 9.17) is 4.98 Å². The average Bonchev–Trinajstić information content (AvgIpc) is 3.13. The highest BCUT2D eigenvalue weighted by Crippen LogP contribution is 2.37. The third-order valence-electron chi connectivity index (χ3n) is 6.04. The summed E-state index contributed by atoms with van der Waals surface area (Å²) in [6.07, 6.45) is 6.57. The fourth-order valence-electron chi connectivity index (χ4n) is 4.42. The van der Waals surface area contributed by atoms with Crippen LogP contribution in [0.5, 0.6) is 0 Å². The zero-order valence-electron chi connectivity index (χ0n) is 17.7. The number of thiophene rings is 1. The van der Waals surface area contributed by atoms with Crippen molar-refractivity contribution in [1.82, 2.24) is 4.98 Å². The van der Waals surface area contributed by atoms with Crippen molar-refractivity contribution in [3.63, 3.8) is 0 Å². The highest BCUT2D eigenvalue weighted by atomic mass is 32.1. The Labute approximate surface area is 191 Å². The molecule has 4 nitrogen and oxygen atoms in total. The molecule has 2 aromatic heterocycles. The number of carbonyl (C=O) groups excluding carboxylic acids is 1. The highest BCUT2D eigenvalue weighted by Gasteiger charge is 2.22. The normalized spacial score (nSPS) is 13.6. The van der Waals surface area contributed by atoms with Gasteiger partial charge in [-0.2, -0.15) is 5.26 Å². The smallest absolute Gasteiger partial charge is 0.257 e. The molecular formula is C27H23N3OS. The van der Waals surface area contributed by atoms with E-state index in [1.54, 1.807) is 11.3 Å². The molecule has 32 heavy (non-hydrogen) atoms. The van der Waals surface area contributed by atoms with Gasteiger partial charge in [0.15, 0.2) is 0 Å². The molecule has 1 aliphatic rings. The summed E-state index contributed by atoms with van der Waals surface area (Å²) in [5.41, 5.74) is 4.84. The Bertz CT molecular complexity index is 1330. The van der Waals surface area contributed by atoms with Crippen LogP contribution in [0.3, 0.4) is 0 Å². The van der Waals surface area contributed by atoms with E-state index in [2.05, 4.69) is 11.4 Å². The first kappa shape index (κ1) is 20.4. The third kappa shape index (κ3) is 3.90. The number of hydrogen-bond acceptors (Lipinski definition) is 4. The lowest BCUT2D eigenvalue weighted by molar-refractivity contribution is 0.102. The molecule has 0 unspecified atom stereocenters. The zero-order chi connectivity index (χ0) is 21.9. The predicted molar refractivity (Wildman–Crippen MR) is 130 cm³/mol. The molecule has 5 heteroatoms. The SMILES string of the molecule is N#Cc1c(NC(=O)c2cc(-c3ccccc3)nc3ccccc23)sc2c1CCCCCC2. The van der Waals surface area contributed by atoms with Gasteiger partial charge in [0.05, 0.1) is 22.3 Å². The van der Waals surface area contributed by atoms with Crippen LogP contribution in [0.1, 0.15) is 52.0 Å². The van der Waals surface area contributed by atoms with E-state index >= 15 is 0 Å². The average molecular weight is 438 g/mol. The summed E-state index contributed by atoms with van der Waals surface area (Å²) in [5, 5.41) is 14.4. The molecule has 0 aliphatic heterocycles. The van der Waals surface area contributed by atoms with Gasteiger partial charge in [-0.05, 0) is 43.4 Å². The first-order chi connectivity index (χ1) is 15.7. The zero-order valence-corrected chi connectivity index (χ0v) is 18.5. The van der Waals surface area contributed by atoms with Crippen LogP contribution in [-0.4, -0.2) is 10.9 Å². The van der Waals surface area contributed by atoms with Crippen molar-refractivity contribution in [2.75, 3.05) is 5.32 Å². The monoisotopic (exact) mass is 437 g/mol. The first-order valence-corrected chi connectivity index (χ1v) is 11.9. The fourth-order valence-corrected chi connectivity index (χ4v) is 5.65. The second-order valence-corrected chi connectivity index (χ2v) is 9.23. The van der Waals surface area contributed by atoms with Crippen LogP contribution in [0.25, 0.3) is 22.2 Å². The van der Waals surface area contributed by atoms with E-state index in [-0.39, 0.29) is 5.91 Å². The summed E-state index contributed by atoms with van der Waals surface area (Å²) in [6.45, 7) is 0. The summed E-state index contributed by atoms with van der Waals surface area (Å²) < 4.78 is 0. The Balaban J connectivity index is 1.56. The molecule has 2 aromatic carbocycles. The molecule has 5 rings (SSSR count). The van der Waals surface area contributed by atoms with Crippen molar-refractivity contribution in [3.05, 3.63) is 82.2 Å². The van der Waals surface area contributed by atoms with Gasteiger partial charge in [0.25, 0.3) is 5.91 Å². The van der Waals surface area contributed by atoms with Crippen LogP contribution in [0.2, 0.25) is 0 Å². The number of benzene rings is 2. The molecule has 0 radical (unpaired) electrons. The number of anilines is 1. The topological polar surface area (TPSA) is 65.8 Å². The van der Waals surface area contributed by atoms with E-state index in [0.717, 1.165) is 53.4 Å². The lowest BCUT2D eigenvalue weighted by Gasteiger charge is -2.10. The van der Waals surface area contributed by atoms with Crippen molar-refractivity contribution in [3.8, 4) is 17.3 Å². The summed E-state index contributed by atoms with van der Waals surface area (Å²) in [5.74, 6) is -0.202. The number of aryl methyl sites for hydroxylation is 1. The number of pyridine rings is 1. The second-order valence-electron chi connectivity index (χ2n) is 8.13. The molecule has 0 bridgehead atoms. The minimum absolute atomic E-state index is 0.202. The van der Waals surface area contributed by atoms with Crippen molar-refractivity contribution < 1.29 is 4.79 Å². The van der Waals surface area contributed by atoms with Gasteiger partial charge in [0, 0.05) is 15.8 Å². The number of rotatable bonds is 3. The first-order valence-electron chi connectivity index (χ1n) is 11.1. The van der Waals surface area contributed by atoms with Crippen molar-refractivity contribution in [2.24, 2.45) is 0 Å². The highest BCUT2D eigenvalue weighted by molar-refractivity contribution is 7.16. The van der Waals surface area contributed by atoms with Gasteiger partial charge in [-0.15, -0.1) is 11.3 Å². The number of nitrogens with zero attached hydrogens (tertiary/aromatic N) is 2. The third-order valence-corrected chi connectivity index (χ3v) is 7.25. The van der Waals surface area contributed by atoms with Gasteiger partial charge in [0.1, 0.15) is 11.1 Å². The van der Waals surface area contributed by atoms with Crippen LogP contribution >= 0.6 is 11.3 Å². The van der Waals surface area contributed by atoms with Crippen LogP contribution < -0.4 is 5.32 Å². The van der Waals surface area contributed by atoms with Crippen LogP contribution in [0.15, 0.2) is 60.7 Å². The molecule has 2 heterocycles. The Morgan fingerprint density at radius 1 is 0.969 bits per heavy atom. The van der Waals surface area contributed by atoms with Crippen LogP contribution in [0.4, 0.5) is 5.00 Å². The predicted octanol–water partition coefficient (Wildman–Crippen LogP) is 6.75. The number of amides is 1. The number of aromatic nitrogens is 1. The lowest BCUT2D eigenvalue weighted by atomic mass is 9.97. The second kappa shape index (κ2) is 8.94. The van der Waals surface area contributed by atoms with E-state index in [1.807, 2.05) is 60.7 Å². The Kier molecular flexibility index (Phi) is 5.70. The number of hydrogen-bond donors (Lipinski definition) is 1. The van der Waals surface area contributed by atoms with Gasteiger partial charge in [-0.1, -0.05) is 61.4 Å². The van der Waals surface area contributed by atoms with Gasteiger partial charge in [-0.25, -0.2) is 4.98 Å². The molecule has 1 aliphatic carbocycles. The molecular weight excluding hydrogens is 414 g/mol. The maximum Gasteiger partial charge on any atom is 0.257 e. The quantitative estimate of drug-likeness (QED) is 0.386. The van der Waals surface area contributed by atoms with E-state index < -0.39 is 0 Å². The molecule has 0 atom stereocenters. The van der Waals surface area contributed by atoms with Crippen LogP contribution in [0, 0.1) is 11.3 Å². The molecule has 1 amide bonds. The summed E-state index contributed by atoms with van der Waals surface area (Å²) in [7, 11) is 0. The standard InChI is InChI=1S/C27H23N3OS/c28-17-22-20-13-6-1-2-7-15-25(20)32-27(22)30-26(31)21-16-24(18-10-4-3-5-11-18)29-23-14-9-8-12-19(21)23/h3-5,8-12,14,16H,1-2,6-7,13,15H2,(H,30,31). The van der Waals surface area contributed by atoms with Gasteiger partial charge < -0.3 is 5.32 Å². The minimum atomic E-state index is -0.202. The molecule has 0 saturated heterocycles. The number of fused-ring (bicyclic) bond motifs is 2. The van der Waals surface area contributed by atoms with E-state index in [9.17, 15) is 10.1 Å². The summed E-state index contributed by atoms with van der Waals surface area (Å²) in [4.78, 5) is 19.5. The Morgan fingerprint density at radius 3 is 2.53 bits per heavy atom. The largest absolute Gasteiger partial charge is 0.312 e. The number of nitriles is 1. The maximum absolute atomic E-state index is 13.5. The van der Waals surface area contributed by atoms with E-state index in [1.165, 1.54) is 17.7 Å². The number of para-hydroxylation sites is 1. The number of nitrogens with one attached hydrogen (secondary N) is 1. The van der Waals surface area contributed by atoms with Crippen molar-refractivity contribution >= 4 is 33.1 Å². The summed E-state index contributed by atoms with van der Waals surface area (Å²) >= 11 is 1.57. The molecule has 0 fully saturated rings. The molecule has 158 valence electrons. The molecule has 4 aromatic rings. The fraction of sp³-hybridized carbons (Fsp3) is 0.222. The van der Waals surface area contributed by atoms with Gasteiger partial charge in [0.2, 0.25) is 0 Å². The minimum Gasteiger partial charge on any atom is -0.312 e. The number of carbonyl (C=O) groups is 1. The molecule has 1 N–H and O–H groups in total. The van der Waals surface area contributed by atoms with Gasteiger partial charge >= 0.3 is 0 Å². The lowest BCUT2D eigenvalue weighted by Crippen LogP contribution is -2.13. The van der Waals surface area contributed by atoms with Crippen LogP contribution in [-0.2, 0) is 12.8 Å². The molecule has 0 spiro atoms. The molecule has 0 saturated carbocycles. The van der Waals surface area contributed by atoms with Crippen molar-refractivity contribution in [2.45, 2.75) is 38.5 Å². The summed E-state index contributed by atoms with van der Waals surface area (Å²) in [6, 6.07) is 21.8. The Morgan fingerprint density at radius 2 is 1.72 bits per heavy atom. The van der Waals surface area contributed by atoms with Gasteiger partial charge in [-0.3, -0.25) is 4.79 Å². The van der Waals surface area contributed by atoms with E-state index in [0.29, 0.717) is 16.1 Å².